The summed E-state index contributed by atoms with van der Waals surface area (Å²) < 4.78 is 0. The first-order valence-electron chi connectivity index (χ1n) is 8.35. The van der Waals surface area contributed by atoms with Crippen LogP contribution >= 0.6 is 0 Å². The molecule has 25 heavy (non-hydrogen) atoms. The summed E-state index contributed by atoms with van der Waals surface area (Å²) in [5.41, 5.74) is 2.59. The van der Waals surface area contributed by atoms with Crippen molar-refractivity contribution in [3.05, 3.63) is 53.4 Å². The highest BCUT2D eigenvalue weighted by atomic mass is 16.2. The van der Waals surface area contributed by atoms with Crippen molar-refractivity contribution >= 4 is 11.8 Å². The SMILES string of the molecule is Cc1ccc(C(=O)N2CCCN(C(=O)c3cnccn3)CC2)c(C)n1. The second kappa shape index (κ2) is 7.38. The van der Waals surface area contributed by atoms with E-state index in [1.54, 1.807) is 9.80 Å². The van der Waals surface area contributed by atoms with Gasteiger partial charge in [0.25, 0.3) is 11.8 Å². The summed E-state index contributed by atoms with van der Waals surface area (Å²) in [6.45, 7) is 5.96. The van der Waals surface area contributed by atoms with Crippen LogP contribution in [-0.2, 0) is 0 Å². The monoisotopic (exact) mass is 339 g/mol. The van der Waals surface area contributed by atoms with E-state index in [4.69, 9.17) is 0 Å². The molecule has 0 radical (unpaired) electrons. The Balaban J connectivity index is 1.69. The van der Waals surface area contributed by atoms with Crippen molar-refractivity contribution in [1.29, 1.82) is 0 Å². The van der Waals surface area contributed by atoms with E-state index >= 15 is 0 Å². The van der Waals surface area contributed by atoms with Crippen LogP contribution in [0.4, 0.5) is 0 Å². The molecule has 0 unspecified atom stereocenters. The summed E-state index contributed by atoms with van der Waals surface area (Å²) in [6, 6.07) is 3.68. The normalized spacial score (nSPS) is 15.0. The summed E-state index contributed by atoms with van der Waals surface area (Å²) in [7, 11) is 0. The van der Waals surface area contributed by atoms with Gasteiger partial charge in [-0.1, -0.05) is 0 Å². The van der Waals surface area contributed by atoms with Crippen LogP contribution in [0.5, 0.6) is 0 Å². The number of hydrogen-bond acceptors (Lipinski definition) is 5. The second-order valence-electron chi connectivity index (χ2n) is 6.11. The average molecular weight is 339 g/mol. The molecule has 7 heteroatoms. The van der Waals surface area contributed by atoms with Crippen LogP contribution in [0.1, 0.15) is 38.7 Å². The number of amides is 2. The Labute approximate surface area is 146 Å². The first kappa shape index (κ1) is 17.0. The van der Waals surface area contributed by atoms with E-state index in [2.05, 4.69) is 15.0 Å². The minimum atomic E-state index is -0.143. The zero-order valence-corrected chi connectivity index (χ0v) is 14.5. The van der Waals surface area contributed by atoms with Gasteiger partial charge in [-0.2, -0.15) is 0 Å². The predicted octanol–water partition coefficient (Wildman–Crippen LogP) is 1.48. The summed E-state index contributed by atoms with van der Waals surface area (Å²) in [4.78, 5) is 41.2. The van der Waals surface area contributed by atoms with Gasteiger partial charge in [-0.15, -0.1) is 0 Å². The van der Waals surface area contributed by atoms with Crippen molar-refractivity contribution in [2.24, 2.45) is 0 Å². The van der Waals surface area contributed by atoms with Crippen LogP contribution in [-0.4, -0.2) is 62.7 Å². The maximum Gasteiger partial charge on any atom is 0.274 e. The molecule has 0 saturated carbocycles. The molecule has 1 aliphatic heterocycles. The van der Waals surface area contributed by atoms with Crippen LogP contribution in [0.15, 0.2) is 30.7 Å². The molecule has 0 aromatic carbocycles. The molecule has 7 nitrogen and oxygen atoms in total. The minimum absolute atomic E-state index is 0.0289. The highest BCUT2D eigenvalue weighted by Gasteiger charge is 2.25. The number of aromatic nitrogens is 3. The number of carbonyl (C=O) groups is 2. The van der Waals surface area contributed by atoms with Gasteiger partial charge >= 0.3 is 0 Å². The molecule has 2 aromatic rings. The molecule has 0 spiro atoms. The van der Waals surface area contributed by atoms with E-state index in [0.29, 0.717) is 37.4 Å². The molecular formula is C18H21N5O2. The summed E-state index contributed by atoms with van der Waals surface area (Å²) >= 11 is 0. The number of nitrogens with zero attached hydrogens (tertiary/aromatic N) is 5. The second-order valence-corrected chi connectivity index (χ2v) is 6.11. The van der Waals surface area contributed by atoms with Crippen molar-refractivity contribution in [3.63, 3.8) is 0 Å². The predicted molar refractivity (Wildman–Crippen MR) is 92.2 cm³/mol. The Morgan fingerprint density at radius 1 is 0.960 bits per heavy atom. The molecule has 1 aliphatic rings. The third-order valence-electron chi connectivity index (χ3n) is 4.31. The van der Waals surface area contributed by atoms with Gasteiger partial charge in [0.2, 0.25) is 0 Å². The molecule has 2 aromatic heterocycles. The zero-order valence-electron chi connectivity index (χ0n) is 14.5. The van der Waals surface area contributed by atoms with E-state index in [1.807, 2.05) is 26.0 Å². The molecule has 130 valence electrons. The molecule has 0 bridgehead atoms. The van der Waals surface area contributed by atoms with Gasteiger partial charge in [0.15, 0.2) is 0 Å². The van der Waals surface area contributed by atoms with Crippen molar-refractivity contribution in [1.82, 2.24) is 24.8 Å². The Morgan fingerprint density at radius 3 is 2.32 bits per heavy atom. The van der Waals surface area contributed by atoms with Gasteiger partial charge in [0.1, 0.15) is 5.69 Å². The Kier molecular flexibility index (Phi) is 5.02. The van der Waals surface area contributed by atoms with Gasteiger partial charge in [0.05, 0.1) is 17.5 Å². The highest BCUT2D eigenvalue weighted by Crippen LogP contribution is 2.13. The fraction of sp³-hybridized carbons (Fsp3) is 0.389. The fourth-order valence-electron chi connectivity index (χ4n) is 2.98. The van der Waals surface area contributed by atoms with Crippen LogP contribution in [0.2, 0.25) is 0 Å². The van der Waals surface area contributed by atoms with Crippen molar-refractivity contribution < 1.29 is 9.59 Å². The highest BCUT2D eigenvalue weighted by molar-refractivity contribution is 5.95. The number of rotatable bonds is 2. The first-order chi connectivity index (χ1) is 12.1. The molecule has 1 fully saturated rings. The summed E-state index contributed by atoms with van der Waals surface area (Å²) in [6.07, 6.45) is 5.25. The van der Waals surface area contributed by atoms with Gasteiger partial charge in [0, 0.05) is 44.3 Å². The largest absolute Gasteiger partial charge is 0.337 e. The number of hydrogen-bond donors (Lipinski definition) is 0. The Bertz CT molecular complexity index is 778. The minimum Gasteiger partial charge on any atom is -0.337 e. The summed E-state index contributed by atoms with van der Waals surface area (Å²) in [5, 5.41) is 0. The molecule has 0 aliphatic carbocycles. The van der Waals surface area contributed by atoms with Gasteiger partial charge in [-0.25, -0.2) is 4.98 Å². The van der Waals surface area contributed by atoms with E-state index in [-0.39, 0.29) is 11.8 Å². The van der Waals surface area contributed by atoms with E-state index in [0.717, 1.165) is 17.8 Å². The van der Waals surface area contributed by atoms with E-state index < -0.39 is 0 Å². The molecule has 3 heterocycles. The quantitative estimate of drug-likeness (QED) is 0.828. The van der Waals surface area contributed by atoms with Gasteiger partial charge in [-0.3, -0.25) is 19.6 Å². The number of carbonyl (C=O) groups excluding carboxylic acids is 2. The molecular weight excluding hydrogens is 318 g/mol. The molecule has 0 atom stereocenters. The fourth-order valence-corrected chi connectivity index (χ4v) is 2.98. The lowest BCUT2D eigenvalue weighted by atomic mass is 10.1. The lowest BCUT2D eigenvalue weighted by molar-refractivity contribution is 0.0714. The van der Waals surface area contributed by atoms with Crippen molar-refractivity contribution in [2.75, 3.05) is 26.2 Å². The Morgan fingerprint density at radius 2 is 1.68 bits per heavy atom. The Hall–Kier alpha value is -2.83. The van der Waals surface area contributed by atoms with E-state index in [9.17, 15) is 9.59 Å². The van der Waals surface area contributed by atoms with Crippen LogP contribution in [0.25, 0.3) is 0 Å². The lowest BCUT2D eigenvalue weighted by Gasteiger charge is -2.22. The van der Waals surface area contributed by atoms with Crippen LogP contribution < -0.4 is 0 Å². The standard InChI is InChI=1S/C18H21N5O2/c1-13-4-5-15(14(2)21-13)17(24)22-8-3-9-23(11-10-22)18(25)16-12-19-6-7-20-16/h4-7,12H,3,8-11H2,1-2H3. The maximum absolute atomic E-state index is 12.8. The van der Waals surface area contributed by atoms with Crippen molar-refractivity contribution in [2.45, 2.75) is 20.3 Å². The number of pyridine rings is 1. The van der Waals surface area contributed by atoms with Crippen molar-refractivity contribution in [3.8, 4) is 0 Å². The number of aryl methyl sites for hydroxylation is 2. The zero-order chi connectivity index (χ0) is 17.8. The average Bonchev–Trinajstić information content (AvgIpc) is 2.87. The topological polar surface area (TPSA) is 79.3 Å². The molecule has 2 amide bonds. The maximum atomic E-state index is 12.8. The third-order valence-corrected chi connectivity index (χ3v) is 4.31. The first-order valence-corrected chi connectivity index (χ1v) is 8.35. The molecule has 0 N–H and O–H groups in total. The van der Waals surface area contributed by atoms with Crippen LogP contribution in [0.3, 0.4) is 0 Å². The van der Waals surface area contributed by atoms with Gasteiger partial charge in [-0.05, 0) is 32.4 Å². The summed E-state index contributed by atoms with van der Waals surface area (Å²) in [5.74, 6) is -0.172. The lowest BCUT2D eigenvalue weighted by Crippen LogP contribution is -2.38. The smallest absolute Gasteiger partial charge is 0.274 e. The van der Waals surface area contributed by atoms with Gasteiger partial charge < -0.3 is 9.80 Å². The molecule has 3 rings (SSSR count). The third kappa shape index (κ3) is 3.81. The van der Waals surface area contributed by atoms with E-state index in [1.165, 1.54) is 18.6 Å². The van der Waals surface area contributed by atoms with Crippen LogP contribution in [0, 0.1) is 13.8 Å². The molecule has 1 saturated heterocycles.